The minimum absolute atomic E-state index is 0.280. The third kappa shape index (κ3) is 4.38. The summed E-state index contributed by atoms with van der Waals surface area (Å²) in [6, 6.07) is 15.1. The van der Waals surface area contributed by atoms with Crippen molar-refractivity contribution in [2.24, 2.45) is 0 Å². The Balaban J connectivity index is 2.28. The van der Waals surface area contributed by atoms with E-state index in [1.54, 1.807) is 6.07 Å². The zero-order chi connectivity index (χ0) is 15.2. The number of phenolic OH excluding ortho intramolecular Hbond substituents is 1. The Morgan fingerprint density at radius 1 is 1.00 bits per heavy atom. The Kier molecular flexibility index (Phi) is 5.48. The third-order valence-electron chi connectivity index (χ3n) is 3.28. The molecule has 0 atom stereocenters. The number of nitrogens with zero attached hydrogens (tertiary/aromatic N) is 2. The molecular weight excluding hydrogens is 284 g/mol. The van der Waals surface area contributed by atoms with Crippen LogP contribution in [0.25, 0.3) is 0 Å². The first kappa shape index (κ1) is 15.7. The van der Waals surface area contributed by atoms with E-state index in [4.69, 9.17) is 11.6 Å². The van der Waals surface area contributed by atoms with Crippen LogP contribution in [0.4, 0.5) is 11.4 Å². The van der Waals surface area contributed by atoms with Gasteiger partial charge in [0.15, 0.2) is 0 Å². The molecular formula is C17H21ClN2O. The van der Waals surface area contributed by atoms with Crippen LogP contribution in [0.1, 0.15) is 6.42 Å². The molecule has 0 aliphatic carbocycles. The van der Waals surface area contributed by atoms with E-state index in [1.807, 2.05) is 42.5 Å². The molecule has 0 fully saturated rings. The minimum atomic E-state index is 0.280. The molecule has 0 radical (unpaired) electrons. The van der Waals surface area contributed by atoms with Gasteiger partial charge < -0.3 is 14.9 Å². The van der Waals surface area contributed by atoms with Gasteiger partial charge in [0.1, 0.15) is 5.75 Å². The topological polar surface area (TPSA) is 26.7 Å². The van der Waals surface area contributed by atoms with Crippen LogP contribution < -0.4 is 4.90 Å². The molecule has 3 nitrogen and oxygen atoms in total. The summed E-state index contributed by atoms with van der Waals surface area (Å²) >= 11 is 6.10. The second kappa shape index (κ2) is 7.34. The summed E-state index contributed by atoms with van der Waals surface area (Å²) in [6.07, 6.45) is 0.994. The highest BCUT2D eigenvalue weighted by Gasteiger charge is 2.13. The monoisotopic (exact) mass is 304 g/mol. The Hall–Kier alpha value is -1.71. The number of hydrogen-bond donors (Lipinski definition) is 1. The van der Waals surface area contributed by atoms with Gasteiger partial charge in [-0.25, -0.2) is 0 Å². The Morgan fingerprint density at radius 3 is 2.43 bits per heavy atom. The zero-order valence-corrected chi connectivity index (χ0v) is 13.2. The molecule has 4 heteroatoms. The molecule has 0 saturated heterocycles. The van der Waals surface area contributed by atoms with Gasteiger partial charge in [-0.2, -0.15) is 0 Å². The van der Waals surface area contributed by atoms with Crippen LogP contribution in [0.15, 0.2) is 48.5 Å². The van der Waals surface area contributed by atoms with Crippen molar-refractivity contribution in [1.82, 2.24) is 4.90 Å². The van der Waals surface area contributed by atoms with Gasteiger partial charge in [-0.05, 0) is 57.4 Å². The van der Waals surface area contributed by atoms with E-state index in [-0.39, 0.29) is 5.75 Å². The summed E-state index contributed by atoms with van der Waals surface area (Å²) in [6.45, 7) is 1.81. The van der Waals surface area contributed by atoms with Crippen LogP contribution in [0.5, 0.6) is 5.75 Å². The first-order valence-electron chi connectivity index (χ1n) is 7.04. The molecule has 0 saturated carbocycles. The largest absolute Gasteiger partial charge is 0.506 e. The summed E-state index contributed by atoms with van der Waals surface area (Å²) in [5, 5.41) is 10.8. The number of rotatable bonds is 6. The number of phenols is 1. The van der Waals surface area contributed by atoms with Crippen molar-refractivity contribution in [1.29, 1.82) is 0 Å². The third-order valence-corrected chi connectivity index (χ3v) is 3.51. The lowest BCUT2D eigenvalue weighted by Gasteiger charge is -2.26. The first-order chi connectivity index (χ1) is 10.1. The molecule has 112 valence electrons. The van der Waals surface area contributed by atoms with Gasteiger partial charge in [0.05, 0.1) is 5.69 Å². The number of benzene rings is 2. The highest BCUT2D eigenvalue weighted by molar-refractivity contribution is 6.30. The fourth-order valence-electron chi connectivity index (χ4n) is 2.27. The second-order valence-corrected chi connectivity index (χ2v) is 5.71. The summed E-state index contributed by atoms with van der Waals surface area (Å²) in [4.78, 5) is 4.26. The molecule has 0 spiro atoms. The Morgan fingerprint density at radius 2 is 1.76 bits per heavy atom. The van der Waals surface area contributed by atoms with Crippen molar-refractivity contribution in [3.8, 4) is 5.75 Å². The van der Waals surface area contributed by atoms with Gasteiger partial charge in [0.2, 0.25) is 0 Å². The van der Waals surface area contributed by atoms with Gasteiger partial charge >= 0.3 is 0 Å². The van der Waals surface area contributed by atoms with Crippen molar-refractivity contribution in [3.63, 3.8) is 0 Å². The van der Waals surface area contributed by atoms with E-state index in [2.05, 4.69) is 23.9 Å². The van der Waals surface area contributed by atoms with E-state index in [1.165, 1.54) is 0 Å². The number of anilines is 2. The first-order valence-corrected chi connectivity index (χ1v) is 7.41. The minimum Gasteiger partial charge on any atom is -0.506 e. The average molecular weight is 305 g/mol. The van der Waals surface area contributed by atoms with Gasteiger partial charge in [-0.1, -0.05) is 29.8 Å². The Labute approximate surface area is 131 Å². The summed E-state index contributed by atoms with van der Waals surface area (Å²) < 4.78 is 0. The molecule has 0 bridgehead atoms. The normalized spacial score (nSPS) is 10.9. The molecule has 2 aromatic rings. The standard InChI is InChI=1S/C17H21ClN2O/c1-19(2)11-6-12-20(15-8-5-7-14(18)13-15)16-9-3-4-10-17(16)21/h3-5,7-10,13,21H,6,11-12H2,1-2H3. The molecule has 0 aliphatic heterocycles. The van der Waals surface area contributed by atoms with Crippen molar-refractivity contribution in [2.45, 2.75) is 6.42 Å². The number of aromatic hydroxyl groups is 1. The quantitative estimate of drug-likeness (QED) is 0.869. The van der Waals surface area contributed by atoms with E-state index >= 15 is 0 Å². The summed E-state index contributed by atoms with van der Waals surface area (Å²) in [5.74, 6) is 0.280. The number of hydrogen-bond acceptors (Lipinski definition) is 3. The van der Waals surface area contributed by atoms with Crippen LogP contribution in [-0.4, -0.2) is 37.2 Å². The average Bonchev–Trinajstić information content (AvgIpc) is 2.44. The smallest absolute Gasteiger partial charge is 0.139 e. The SMILES string of the molecule is CN(C)CCCN(c1cccc(Cl)c1)c1ccccc1O. The maximum atomic E-state index is 10.1. The van der Waals surface area contributed by atoms with Crippen molar-refractivity contribution in [2.75, 3.05) is 32.1 Å². The Bertz CT molecular complexity index is 587. The molecule has 0 aliphatic rings. The van der Waals surface area contributed by atoms with Crippen molar-refractivity contribution in [3.05, 3.63) is 53.6 Å². The fourth-order valence-corrected chi connectivity index (χ4v) is 2.45. The molecule has 0 aromatic heterocycles. The van der Waals surface area contributed by atoms with Gasteiger partial charge in [-0.3, -0.25) is 0 Å². The second-order valence-electron chi connectivity index (χ2n) is 5.28. The maximum absolute atomic E-state index is 10.1. The van der Waals surface area contributed by atoms with E-state index in [0.29, 0.717) is 5.02 Å². The predicted molar refractivity (Wildman–Crippen MR) is 89.7 cm³/mol. The fraction of sp³-hybridized carbons (Fsp3) is 0.294. The molecule has 21 heavy (non-hydrogen) atoms. The van der Waals surface area contributed by atoms with Gasteiger partial charge in [0.25, 0.3) is 0 Å². The number of halogens is 1. The van der Waals surface area contributed by atoms with E-state index in [0.717, 1.165) is 30.9 Å². The van der Waals surface area contributed by atoms with Crippen LogP contribution in [0.2, 0.25) is 5.02 Å². The molecule has 2 aromatic carbocycles. The molecule has 0 amide bonds. The molecule has 0 heterocycles. The highest BCUT2D eigenvalue weighted by Crippen LogP contribution is 2.33. The van der Waals surface area contributed by atoms with Gasteiger partial charge in [0, 0.05) is 17.3 Å². The van der Waals surface area contributed by atoms with Crippen LogP contribution in [0.3, 0.4) is 0 Å². The van der Waals surface area contributed by atoms with Crippen LogP contribution >= 0.6 is 11.6 Å². The lowest BCUT2D eigenvalue weighted by molar-refractivity contribution is 0.402. The molecule has 2 rings (SSSR count). The summed E-state index contributed by atoms with van der Waals surface area (Å²) in [5.41, 5.74) is 1.79. The number of para-hydroxylation sites is 2. The van der Waals surface area contributed by atoms with E-state index < -0.39 is 0 Å². The maximum Gasteiger partial charge on any atom is 0.139 e. The summed E-state index contributed by atoms with van der Waals surface area (Å²) in [7, 11) is 4.12. The van der Waals surface area contributed by atoms with Crippen molar-refractivity contribution >= 4 is 23.0 Å². The van der Waals surface area contributed by atoms with E-state index in [9.17, 15) is 5.11 Å². The lowest BCUT2D eigenvalue weighted by Crippen LogP contribution is -2.23. The van der Waals surface area contributed by atoms with Crippen LogP contribution in [0, 0.1) is 0 Å². The van der Waals surface area contributed by atoms with Crippen molar-refractivity contribution < 1.29 is 5.11 Å². The zero-order valence-electron chi connectivity index (χ0n) is 12.5. The molecule has 0 unspecified atom stereocenters. The predicted octanol–water partition coefficient (Wildman–Crippen LogP) is 4.14. The van der Waals surface area contributed by atoms with Crippen LogP contribution in [-0.2, 0) is 0 Å². The lowest BCUT2D eigenvalue weighted by atomic mass is 10.2. The highest BCUT2D eigenvalue weighted by atomic mass is 35.5. The molecule has 1 N–H and O–H groups in total. The van der Waals surface area contributed by atoms with Gasteiger partial charge in [-0.15, -0.1) is 0 Å².